The topological polar surface area (TPSA) is 80.6 Å². The molecule has 0 fully saturated rings. The fraction of sp³-hybridized carbons (Fsp3) is 0. The second-order valence-corrected chi connectivity index (χ2v) is 16.9. The maximum Gasteiger partial charge on any atom is 0.220 e. The van der Waals surface area contributed by atoms with Gasteiger partial charge in [-0.05, 0) is 103 Å². The van der Waals surface area contributed by atoms with Crippen LogP contribution in [0.5, 0.6) is 0 Å². The van der Waals surface area contributed by atoms with Crippen LogP contribution in [0.3, 0.4) is 0 Å². The molecule has 0 N–H and O–H groups in total. The lowest BCUT2D eigenvalue weighted by Gasteiger charge is -2.15. The van der Waals surface area contributed by atoms with Gasteiger partial charge in [0.15, 0.2) is 0 Å². The lowest BCUT2D eigenvalue weighted by Crippen LogP contribution is -2.03. The van der Waals surface area contributed by atoms with Gasteiger partial charge in [-0.25, -0.2) is 4.98 Å². The summed E-state index contributed by atoms with van der Waals surface area (Å²) in [6.07, 6.45) is 11.6. The van der Waals surface area contributed by atoms with Crippen molar-refractivity contribution in [3.8, 4) is 28.4 Å². The number of benzene rings is 6. The van der Waals surface area contributed by atoms with Crippen LogP contribution in [0, 0.1) is 0 Å². The molecule has 66 heavy (non-hydrogen) atoms. The van der Waals surface area contributed by atoms with Gasteiger partial charge in [0.1, 0.15) is 11.3 Å². The highest BCUT2D eigenvalue weighted by molar-refractivity contribution is 6.24. The van der Waals surface area contributed by atoms with Crippen LogP contribution in [0.15, 0.2) is 207 Å². The molecular formula is C56H34N10. The molecule has 9 heterocycles. The zero-order valence-electron chi connectivity index (χ0n) is 35.1. The van der Waals surface area contributed by atoms with Gasteiger partial charge in [-0.3, -0.25) is 42.2 Å². The van der Waals surface area contributed by atoms with Crippen molar-refractivity contribution in [2.24, 2.45) is 0 Å². The van der Waals surface area contributed by atoms with Crippen molar-refractivity contribution in [2.45, 2.75) is 0 Å². The number of fused-ring (bicyclic) bond motifs is 15. The van der Waals surface area contributed by atoms with Crippen molar-refractivity contribution in [1.82, 2.24) is 47.2 Å². The van der Waals surface area contributed by atoms with Gasteiger partial charge in [-0.2, -0.15) is 0 Å². The van der Waals surface area contributed by atoms with E-state index in [1.54, 1.807) is 0 Å². The Morgan fingerprint density at radius 3 is 1.39 bits per heavy atom. The minimum Gasteiger partial charge on any atom is -0.295 e. The molecular weight excluding hydrogens is 813 g/mol. The molecule has 0 atom stereocenters. The first-order valence-electron chi connectivity index (χ1n) is 22.0. The van der Waals surface area contributed by atoms with Crippen LogP contribution in [-0.2, 0) is 0 Å². The Hall–Kier alpha value is -9.28. The highest BCUT2D eigenvalue weighted by Crippen LogP contribution is 2.44. The largest absolute Gasteiger partial charge is 0.295 e. The molecule has 15 rings (SSSR count). The van der Waals surface area contributed by atoms with Gasteiger partial charge in [0.2, 0.25) is 5.78 Å². The Morgan fingerprint density at radius 2 is 0.773 bits per heavy atom. The third-order valence-corrected chi connectivity index (χ3v) is 13.5. The second-order valence-electron chi connectivity index (χ2n) is 16.9. The van der Waals surface area contributed by atoms with Crippen molar-refractivity contribution in [2.75, 3.05) is 0 Å². The lowest BCUT2D eigenvalue weighted by molar-refractivity contribution is 1.05. The van der Waals surface area contributed by atoms with E-state index in [-0.39, 0.29) is 0 Å². The van der Waals surface area contributed by atoms with E-state index in [2.05, 4.69) is 196 Å². The smallest absolute Gasteiger partial charge is 0.220 e. The molecule has 9 aromatic heterocycles. The van der Waals surface area contributed by atoms with Gasteiger partial charge in [0.25, 0.3) is 0 Å². The van der Waals surface area contributed by atoms with Crippen molar-refractivity contribution in [3.05, 3.63) is 207 Å². The van der Waals surface area contributed by atoms with Gasteiger partial charge in [-0.15, -0.1) is 0 Å². The number of nitrogens with zero attached hydrogens (tertiary/aromatic N) is 10. The fourth-order valence-electron chi connectivity index (χ4n) is 10.8. The van der Waals surface area contributed by atoms with Crippen LogP contribution in [0.4, 0.5) is 0 Å². The highest BCUT2D eigenvalue weighted by atomic mass is 15.2. The Balaban J connectivity index is 1.04. The van der Waals surface area contributed by atoms with E-state index in [1.165, 1.54) is 5.39 Å². The van der Waals surface area contributed by atoms with Crippen molar-refractivity contribution >= 4 is 93.5 Å². The number of pyridine rings is 3. The molecule has 0 bridgehead atoms. The first-order valence-corrected chi connectivity index (χ1v) is 22.0. The maximum absolute atomic E-state index is 5.20. The molecule has 308 valence electrons. The predicted octanol–water partition coefficient (Wildman–Crippen LogP) is 12.7. The van der Waals surface area contributed by atoms with Crippen LogP contribution in [0.25, 0.3) is 122 Å². The molecule has 0 saturated carbocycles. The zero-order chi connectivity index (χ0) is 43.0. The van der Waals surface area contributed by atoms with Crippen LogP contribution >= 0.6 is 0 Å². The standard InChI is InChI=1S/C56H34N10/c1-3-12-35(13-4-1)61-45-23-22-39(64-50-33-58-28-25-41(50)52-40-24-27-57-32-49(40)62(54(52)64)36-14-5-2-6-15-36)31-43(45)53-42-26-29-59-34-51(42)63(55(53)61)37-16-11-17-38(30-37)65-47-20-9-10-21-48(47)66-46-19-8-7-18-44(46)60-56(65)66/h1-34H. The fourth-order valence-corrected chi connectivity index (χ4v) is 10.8. The van der Waals surface area contributed by atoms with Crippen LogP contribution in [0.2, 0.25) is 0 Å². The number of rotatable bonds is 5. The summed E-state index contributed by atoms with van der Waals surface area (Å²) in [7, 11) is 0. The van der Waals surface area contributed by atoms with Gasteiger partial charge >= 0.3 is 0 Å². The molecule has 15 aromatic rings. The van der Waals surface area contributed by atoms with Gasteiger partial charge in [-0.1, -0.05) is 66.7 Å². The number of imidazole rings is 2. The SMILES string of the molecule is c1ccc(-n2c3ccc(-n4c5cnccc5c5c6ccncc6n(-c6ccccc6)c54)cc3c3c4ccncc4n(-c4cccc(-n5c6ccccc6n6c7ccccc7nc56)c4)c32)cc1. The van der Waals surface area contributed by atoms with E-state index in [1.807, 2.05) is 43.2 Å². The number of hydrogen-bond donors (Lipinski definition) is 0. The Bertz CT molecular complexity index is 4460. The second kappa shape index (κ2) is 13.1. The van der Waals surface area contributed by atoms with Crippen LogP contribution in [0.1, 0.15) is 0 Å². The molecule has 0 saturated heterocycles. The molecule has 0 amide bonds. The molecule has 0 aliphatic heterocycles. The lowest BCUT2D eigenvalue weighted by atomic mass is 10.1. The van der Waals surface area contributed by atoms with E-state index < -0.39 is 0 Å². The summed E-state index contributed by atoms with van der Waals surface area (Å²) in [5.41, 5.74) is 15.7. The van der Waals surface area contributed by atoms with E-state index in [0.29, 0.717) is 0 Å². The highest BCUT2D eigenvalue weighted by Gasteiger charge is 2.26. The number of hydrogen-bond acceptors (Lipinski definition) is 4. The Morgan fingerprint density at radius 1 is 0.303 bits per heavy atom. The average molecular weight is 847 g/mol. The third kappa shape index (κ3) is 4.63. The molecule has 0 radical (unpaired) electrons. The van der Waals surface area contributed by atoms with E-state index in [0.717, 1.165) is 117 Å². The molecule has 0 spiro atoms. The summed E-state index contributed by atoms with van der Waals surface area (Å²) in [5, 5.41) is 6.83. The molecule has 6 aromatic carbocycles. The summed E-state index contributed by atoms with van der Waals surface area (Å²) in [5.74, 6) is 0.870. The Labute approximate surface area is 374 Å². The molecule has 10 heteroatoms. The number of aromatic nitrogens is 10. The van der Waals surface area contributed by atoms with Crippen LogP contribution in [-0.4, -0.2) is 47.2 Å². The normalized spacial score (nSPS) is 12.2. The monoisotopic (exact) mass is 846 g/mol. The third-order valence-electron chi connectivity index (χ3n) is 13.5. The van der Waals surface area contributed by atoms with E-state index in [9.17, 15) is 0 Å². The van der Waals surface area contributed by atoms with Crippen LogP contribution < -0.4 is 0 Å². The number of para-hydroxylation sites is 6. The molecule has 0 aliphatic carbocycles. The molecule has 0 unspecified atom stereocenters. The summed E-state index contributed by atoms with van der Waals surface area (Å²) >= 11 is 0. The van der Waals surface area contributed by atoms with Crippen molar-refractivity contribution < 1.29 is 0 Å². The first kappa shape index (κ1) is 35.2. The van der Waals surface area contributed by atoms with Gasteiger partial charge in [0.05, 0.1) is 68.4 Å². The summed E-state index contributed by atoms with van der Waals surface area (Å²) in [4.78, 5) is 19.3. The zero-order valence-corrected chi connectivity index (χ0v) is 35.1. The average Bonchev–Trinajstić information content (AvgIpc) is 4.21. The summed E-state index contributed by atoms with van der Waals surface area (Å²) < 4.78 is 14.0. The molecule has 0 aliphatic rings. The molecule has 10 nitrogen and oxygen atoms in total. The first-order chi connectivity index (χ1) is 32.8. The van der Waals surface area contributed by atoms with Crippen molar-refractivity contribution in [3.63, 3.8) is 0 Å². The van der Waals surface area contributed by atoms with Gasteiger partial charge < -0.3 is 0 Å². The van der Waals surface area contributed by atoms with Crippen molar-refractivity contribution in [1.29, 1.82) is 0 Å². The van der Waals surface area contributed by atoms with E-state index in [4.69, 9.17) is 15.0 Å². The van der Waals surface area contributed by atoms with E-state index >= 15 is 0 Å². The minimum atomic E-state index is 0.870. The summed E-state index contributed by atoms with van der Waals surface area (Å²) in [6, 6.07) is 60.3. The maximum atomic E-state index is 5.20. The van der Waals surface area contributed by atoms with Gasteiger partial charge in [0, 0.05) is 73.7 Å². The Kier molecular flexibility index (Phi) is 7.01. The predicted molar refractivity (Wildman–Crippen MR) is 265 cm³/mol. The summed E-state index contributed by atoms with van der Waals surface area (Å²) in [6.45, 7) is 0. The quantitative estimate of drug-likeness (QED) is 0.173. The minimum absolute atomic E-state index is 0.870.